The number of aliphatic carboxylic acids is 2. The first-order valence-electron chi connectivity index (χ1n) is 12.9. The summed E-state index contributed by atoms with van der Waals surface area (Å²) in [5.74, 6) is -8.31. The number of hydrogen-bond acceptors (Lipinski definition) is 12. The second-order valence-electron chi connectivity index (χ2n) is 8.84. The van der Waals surface area contributed by atoms with Gasteiger partial charge in [0.1, 0.15) is 12.1 Å². The summed E-state index contributed by atoms with van der Waals surface area (Å²) in [6.45, 7) is 0.670. The Morgan fingerprint density at radius 2 is 0.935 bits per heavy atom. The lowest BCUT2D eigenvalue weighted by molar-refractivity contribution is -0.147. The smallest absolute Gasteiger partial charge is 0.416 e. The molecule has 244 valence electrons. The highest BCUT2D eigenvalue weighted by molar-refractivity contribution is 6.59. The first-order valence-corrected chi connectivity index (χ1v) is 12.9. The molecule has 2 atom stereocenters. The molecule has 0 aliphatic rings. The van der Waals surface area contributed by atoms with Crippen LogP contribution in [0.3, 0.4) is 0 Å². The van der Waals surface area contributed by atoms with E-state index in [9.17, 15) is 47.9 Å². The first kappa shape index (κ1) is 43.3. The molecule has 0 spiro atoms. The van der Waals surface area contributed by atoms with Gasteiger partial charge in [0.05, 0.1) is 14.2 Å². The van der Waals surface area contributed by atoms with Crippen molar-refractivity contribution in [3.63, 3.8) is 0 Å². The lowest BCUT2D eigenvalue weighted by Crippen LogP contribution is -2.48. The highest BCUT2D eigenvalue weighted by atomic mass is 16.5. The molecule has 8 radical (unpaired) electrons. The zero-order chi connectivity index (χ0) is 36.3. The van der Waals surface area contributed by atoms with Gasteiger partial charge >= 0.3 is 30.2 Å². The van der Waals surface area contributed by atoms with Crippen LogP contribution in [0.25, 0.3) is 0 Å². The summed E-state index contributed by atoms with van der Waals surface area (Å²) in [4.78, 5) is 113. The van der Waals surface area contributed by atoms with E-state index in [1.807, 2.05) is 0 Å². The molecule has 0 aromatic heterocycles. The number of hydrogen-bond donors (Lipinski definition) is 3. The molecular formula is C23H30B4N4O15. The summed E-state index contributed by atoms with van der Waals surface area (Å²) in [5.41, 5.74) is 0. The van der Waals surface area contributed by atoms with E-state index in [1.54, 1.807) is 0 Å². The molecule has 0 aromatic rings. The molecule has 46 heavy (non-hydrogen) atoms. The van der Waals surface area contributed by atoms with Gasteiger partial charge in [-0.1, -0.05) is 0 Å². The number of nitrogens with zero attached hydrogens (tertiary/aromatic N) is 4. The van der Waals surface area contributed by atoms with Crippen LogP contribution in [0.15, 0.2) is 0 Å². The van der Waals surface area contributed by atoms with Gasteiger partial charge in [0.25, 0.3) is 0 Å². The second kappa shape index (κ2) is 21.8. The van der Waals surface area contributed by atoms with Crippen molar-refractivity contribution in [2.24, 2.45) is 0 Å². The summed E-state index contributed by atoms with van der Waals surface area (Å²) < 4.78 is 8.66. The molecule has 0 heterocycles. The number of rotatable bonds is 14. The molecular weight excluding hydrogens is 616 g/mol. The van der Waals surface area contributed by atoms with E-state index in [0.29, 0.717) is 14.7 Å². The van der Waals surface area contributed by atoms with Crippen LogP contribution in [-0.4, -0.2) is 165 Å². The predicted octanol–water partition coefficient (Wildman–Crippen LogP) is 0.339. The van der Waals surface area contributed by atoms with Gasteiger partial charge in [-0.2, -0.15) is 0 Å². The number of imide groups is 4. The van der Waals surface area contributed by atoms with Crippen LogP contribution in [0.5, 0.6) is 0 Å². The molecule has 0 aromatic carbocycles. The Balaban J connectivity index is 0. The topological polar surface area (TPSA) is 263 Å². The molecule has 0 bridgehead atoms. The lowest BCUT2D eigenvalue weighted by Gasteiger charge is -2.25. The van der Waals surface area contributed by atoms with Gasteiger partial charge in [-0.15, -0.1) is 0 Å². The summed E-state index contributed by atoms with van der Waals surface area (Å²) in [7, 11) is 21.9. The van der Waals surface area contributed by atoms with Crippen molar-refractivity contribution in [1.82, 2.24) is 19.6 Å². The fourth-order valence-corrected chi connectivity index (χ4v) is 3.64. The monoisotopic (exact) mass is 646 g/mol. The summed E-state index contributed by atoms with van der Waals surface area (Å²) in [6.07, 6.45) is -3.46. The average Bonchev–Trinajstić information content (AvgIpc) is 2.93. The molecule has 3 N–H and O–H groups in total. The largest absolute Gasteiger partial charge is 0.480 e. The molecule has 8 amide bonds. The molecule has 19 nitrogen and oxygen atoms in total. The quantitative estimate of drug-likeness (QED) is 0.170. The van der Waals surface area contributed by atoms with Crippen LogP contribution in [0.1, 0.15) is 45.4 Å². The number of carboxylic acid groups (broad SMARTS) is 3. The summed E-state index contributed by atoms with van der Waals surface area (Å²) in [6, 6.07) is -3.00. The maximum absolute atomic E-state index is 11.4. The Hall–Kier alpha value is -4.84. The van der Waals surface area contributed by atoms with Gasteiger partial charge in [0.2, 0.25) is 37.3 Å². The SMILES string of the molecule is [B]C(=O)N(CCCCC(C(=O)O)N(C([B])=O)C(=O)OC)C(=O)O.[B]C(=O)N(CCCCC(C(=O)O)N(C([B])=O)C(C)=O)C(=O)OC. The Labute approximate surface area is 268 Å². The molecule has 0 rings (SSSR count). The van der Waals surface area contributed by atoms with Crippen molar-refractivity contribution in [2.45, 2.75) is 57.5 Å². The molecule has 0 saturated heterocycles. The highest BCUT2D eigenvalue weighted by Gasteiger charge is 2.33. The molecule has 0 aliphatic carbocycles. The summed E-state index contributed by atoms with van der Waals surface area (Å²) >= 11 is 0. The number of carboxylic acids is 2. The molecule has 0 aliphatic heterocycles. The van der Waals surface area contributed by atoms with E-state index >= 15 is 0 Å². The van der Waals surface area contributed by atoms with Crippen molar-refractivity contribution in [3.8, 4) is 0 Å². The zero-order valence-corrected chi connectivity index (χ0v) is 25.2. The number of amides is 8. The summed E-state index contributed by atoms with van der Waals surface area (Å²) in [5, 5.41) is 26.9. The van der Waals surface area contributed by atoms with Crippen LogP contribution >= 0.6 is 0 Å². The van der Waals surface area contributed by atoms with E-state index in [1.165, 1.54) is 0 Å². The Morgan fingerprint density at radius 1 is 0.565 bits per heavy atom. The van der Waals surface area contributed by atoms with E-state index in [0.717, 1.165) is 21.1 Å². The maximum atomic E-state index is 11.4. The minimum Gasteiger partial charge on any atom is -0.480 e. The first-order chi connectivity index (χ1) is 21.3. The predicted molar refractivity (Wildman–Crippen MR) is 156 cm³/mol. The van der Waals surface area contributed by atoms with Crippen molar-refractivity contribution in [3.05, 3.63) is 0 Å². The van der Waals surface area contributed by atoms with E-state index in [-0.39, 0.29) is 56.5 Å². The van der Waals surface area contributed by atoms with E-state index < -0.39 is 71.4 Å². The van der Waals surface area contributed by atoms with Crippen LogP contribution in [0.2, 0.25) is 0 Å². The normalized spacial score (nSPS) is 11.2. The molecule has 0 fully saturated rings. The average molecular weight is 646 g/mol. The molecule has 2 unspecified atom stereocenters. The second-order valence-corrected chi connectivity index (χ2v) is 8.84. The number of carbonyl (C=O) groups excluding carboxylic acids is 7. The fourth-order valence-electron chi connectivity index (χ4n) is 3.64. The van der Waals surface area contributed by atoms with Crippen molar-refractivity contribution in [1.29, 1.82) is 0 Å². The van der Waals surface area contributed by atoms with E-state index in [4.69, 9.17) is 46.7 Å². The van der Waals surface area contributed by atoms with Crippen molar-refractivity contribution in [2.75, 3.05) is 27.3 Å². The Kier molecular flexibility index (Phi) is 20.5. The molecule has 0 saturated carbocycles. The Bertz CT molecular complexity index is 1140. The minimum atomic E-state index is -1.58. The van der Waals surface area contributed by atoms with Gasteiger partial charge in [0.15, 0.2) is 23.2 Å². The fraction of sp³-hybridized carbons (Fsp3) is 0.565. The zero-order valence-electron chi connectivity index (χ0n) is 25.2. The third-order valence-corrected chi connectivity index (χ3v) is 5.76. The third kappa shape index (κ3) is 15.2. The van der Waals surface area contributed by atoms with Gasteiger partial charge in [-0.05, 0) is 38.5 Å². The number of methoxy groups -OCH3 is 2. The number of carbonyl (C=O) groups is 10. The van der Waals surface area contributed by atoms with Gasteiger partial charge in [-0.3, -0.25) is 38.7 Å². The van der Waals surface area contributed by atoms with Crippen LogP contribution in [0, 0.1) is 0 Å². The maximum Gasteiger partial charge on any atom is 0.416 e. The Morgan fingerprint density at radius 3 is 1.22 bits per heavy atom. The minimum absolute atomic E-state index is 0.0762. The van der Waals surface area contributed by atoms with E-state index in [2.05, 4.69) is 9.47 Å². The van der Waals surface area contributed by atoms with Crippen LogP contribution in [-0.2, 0) is 23.9 Å². The highest BCUT2D eigenvalue weighted by Crippen LogP contribution is 2.13. The van der Waals surface area contributed by atoms with Crippen molar-refractivity contribution < 1.29 is 72.7 Å². The van der Waals surface area contributed by atoms with Gasteiger partial charge < -0.3 is 24.8 Å². The standard InChI is InChI=1S/C12H16B2N2O7.C11H14B2N2O8/c1-7(17)16(11(14)21)8(9(18)19)5-3-4-6-15(10(13)20)12(22)23-2;1-23-11(22)15(9(13)19)6(7(16)17)4-2-3-5-14(8(12)18)10(20)21/h8H,3-6H2,1-2H3,(H,18,19);6H,2-5H2,1H3,(H,16,17)(H,20,21). The van der Waals surface area contributed by atoms with Crippen molar-refractivity contribution >= 4 is 90.7 Å². The lowest BCUT2D eigenvalue weighted by atomic mass is 10.0. The van der Waals surface area contributed by atoms with Crippen LogP contribution in [0.4, 0.5) is 33.6 Å². The number of ether oxygens (including phenoxy) is 2. The van der Waals surface area contributed by atoms with Gasteiger partial charge in [0, 0.05) is 20.0 Å². The molecule has 23 heteroatoms. The van der Waals surface area contributed by atoms with Crippen LogP contribution < -0.4 is 0 Å². The number of unbranched alkanes of at least 4 members (excludes halogenated alkanes) is 2. The van der Waals surface area contributed by atoms with Gasteiger partial charge in [-0.25, -0.2) is 28.9 Å². The third-order valence-electron chi connectivity index (χ3n) is 5.76.